The van der Waals surface area contributed by atoms with Crippen LogP contribution in [0.2, 0.25) is 0 Å². The number of carbonyl (C=O) groups is 2. The molecule has 1 atom stereocenters. The number of carbonyl (C=O) groups excluding carboxylic acids is 2. The number of hydrogen-bond donors (Lipinski definition) is 3. The van der Waals surface area contributed by atoms with Crippen LogP contribution < -0.4 is 16.0 Å². The van der Waals surface area contributed by atoms with Crippen molar-refractivity contribution in [1.82, 2.24) is 10.6 Å². The summed E-state index contributed by atoms with van der Waals surface area (Å²) in [5.74, 6) is 0.342. The van der Waals surface area contributed by atoms with Crippen molar-refractivity contribution in [3.63, 3.8) is 0 Å². The maximum Gasteiger partial charge on any atom is 0.319 e. The van der Waals surface area contributed by atoms with Gasteiger partial charge in [-0.3, -0.25) is 4.79 Å². The molecule has 0 heterocycles. The molecule has 1 unspecified atom stereocenters. The molecule has 0 saturated carbocycles. The zero-order valence-electron chi connectivity index (χ0n) is 17.2. The van der Waals surface area contributed by atoms with Crippen LogP contribution in [-0.4, -0.2) is 25.0 Å². The van der Waals surface area contributed by atoms with Crippen molar-refractivity contribution in [2.75, 3.05) is 18.4 Å². The molecule has 0 aliphatic carbocycles. The Hall–Kier alpha value is -2.82. The van der Waals surface area contributed by atoms with Gasteiger partial charge < -0.3 is 16.0 Å². The van der Waals surface area contributed by atoms with Crippen molar-refractivity contribution in [2.24, 2.45) is 5.92 Å². The first kappa shape index (κ1) is 21.5. The van der Waals surface area contributed by atoms with Gasteiger partial charge in [0.15, 0.2) is 0 Å². The summed E-state index contributed by atoms with van der Waals surface area (Å²) in [7, 11) is 0. The van der Waals surface area contributed by atoms with Gasteiger partial charge in [-0.2, -0.15) is 0 Å². The summed E-state index contributed by atoms with van der Waals surface area (Å²) in [6.45, 7) is 9.00. The maximum absolute atomic E-state index is 12.3. The second-order valence-corrected chi connectivity index (χ2v) is 7.60. The molecular formula is C23H31N3O2. The fraction of sp³-hybridized carbons (Fsp3) is 0.391. The minimum atomic E-state index is -0.284. The molecule has 0 spiro atoms. The molecule has 0 radical (unpaired) electrons. The Morgan fingerprint density at radius 1 is 0.929 bits per heavy atom. The van der Waals surface area contributed by atoms with Crippen molar-refractivity contribution in [3.8, 4) is 0 Å². The molecule has 5 nitrogen and oxygen atoms in total. The van der Waals surface area contributed by atoms with Crippen LogP contribution in [0.25, 0.3) is 0 Å². The third-order valence-corrected chi connectivity index (χ3v) is 4.50. The minimum Gasteiger partial charge on any atom is -0.354 e. The summed E-state index contributed by atoms with van der Waals surface area (Å²) in [5, 5.41) is 8.40. The quantitative estimate of drug-likeness (QED) is 0.599. The molecule has 150 valence electrons. The van der Waals surface area contributed by atoms with Crippen molar-refractivity contribution in [1.29, 1.82) is 0 Å². The van der Waals surface area contributed by atoms with Gasteiger partial charge in [0.25, 0.3) is 0 Å². The van der Waals surface area contributed by atoms with E-state index in [1.54, 1.807) is 0 Å². The van der Waals surface area contributed by atoms with E-state index in [9.17, 15) is 9.59 Å². The van der Waals surface area contributed by atoms with E-state index in [-0.39, 0.29) is 17.9 Å². The molecule has 28 heavy (non-hydrogen) atoms. The molecular weight excluding hydrogens is 350 g/mol. The van der Waals surface area contributed by atoms with Crippen LogP contribution >= 0.6 is 0 Å². The summed E-state index contributed by atoms with van der Waals surface area (Å²) in [6, 6.07) is 15.5. The Balaban J connectivity index is 1.72. The van der Waals surface area contributed by atoms with E-state index in [4.69, 9.17) is 0 Å². The molecule has 3 amide bonds. The Morgan fingerprint density at radius 2 is 1.61 bits per heavy atom. The molecule has 0 bridgehead atoms. The van der Waals surface area contributed by atoms with Gasteiger partial charge >= 0.3 is 6.03 Å². The molecule has 0 saturated heterocycles. The van der Waals surface area contributed by atoms with Gasteiger partial charge in [-0.15, -0.1) is 0 Å². The zero-order valence-corrected chi connectivity index (χ0v) is 17.2. The lowest BCUT2D eigenvalue weighted by atomic mass is 9.96. The average Bonchev–Trinajstić information content (AvgIpc) is 2.64. The molecule has 2 aromatic rings. The summed E-state index contributed by atoms with van der Waals surface area (Å²) in [4.78, 5) is 24.2. The van der Waals surface area contributed by atoms with Gasteiger partial charge in [-0.1, -0.05) is 50.2 Å². The zero-order chi connectivity index (χ0) is 20.5. The van der Waals surface area contributed by atoms with Crippen LogP contribution in [0.4, 0.5) is 10.5 Å². The largest absolute Gasteiger partial charge is 0.354 e. The first-order valence-corrected chi connectivity index (χ1v) is 9.83. The van der Waals surface area contributed by atoms with Gasteiger partial charge in [0.05, 0.1) is 5.92 Å². The number of nitrogens with one attached hydrogen (secondary N) is 3. The minimum absolute atomic E-state index is 0.0440. The molecule has 0 aliphatic heterocycles. The number of urea groups is 1. The van der Waals surface area contributed by atoms with Crippen LogP contribution in [0.15, 0.2) is 48.5 Å². The lowest BCUT2D eigenvalue weighted by Gasteiger charge is -2.14. The number of hydrogen-bond acceptors (Lipinski definition) is 2. The van der Waals surface area contributed by atoms with Gasteiger partial charge in [0, 0.05) is 18.8 Å². The van der Waals surface area contributed by atoms with Crippen molar-refractivity contribution in [2.45, 2.75) is 40.0 Å². The van der Waals surface area contributed by atoms with Crippen LogP contribution in [0.3, 0.4) is 0 Å². The molecule has 0 fully saturated rings. The van der Waals surface area contributed by atoms with Gasteiger partial charge in [0.1, 0.15) is 0 Å². The lowest BCUT2D eigenvalue weighted by Crippen LogP contribution is -2.38. The van der Waals surface area contributed by atoms with E-state index in [1.807, 2.05) is 50.2 Å². The Bertz CT molecular complexity index is 785. The average molecular weight is 382 g/mol. The Morgan fingerprint density at radius 3 is 2.25 bits per heavy atom. The SMILES string of the molecule is Cc1cccc(NC(=O)NCCNC(=O)C(C)c2ccc(CC(C)C)cc2)c1. The van der Waals surface area contributed by atoms with Gasteiger partial charge in [0.2, 0.25) is 5.91 Å². The predicted molar refractivity (Wildman–Crippen MR) is 115 cm³/mol. The summed E-state index contributed by atoms with van der Waals surface area (Å²) in [5.41, 5.74) is 4.11. The first-order valence-electron chi connectivity index (χ1n) is 9.83. The van der Waals surface area contributed by atoms with E-state index < -0.39 is 0 Å². The second kappa shape index (κ2) is 10.5. The lowest BCUT2D eigenvalue weighted by molar-refractivity contribution is -0.122. The number of benzene rings is 2. The maximum atomic E-state index is 12.3. The van der Waals surface area contributed by atoms with Crippen LogP contribution in [-0.2, 0) is 11.2 Å². The van der Waals surface area contributed by atoms with Crippen LogP contribution in [0.1, 0.15) is 43.4 Å². The molecule has 3 N–H and O–H groups in total. The van der Waals surface area contributed by atoms with Crippen molar-refractivity contribution in [3.05, 3.63) is 65.2 Å². The Kier molecular flexibility index (Phi) is 8.05. The topological polar surface area (TPSA) is 70.2 Å². The fourth-order valence-electron chi connectivity index (χ4n) is 2.98. The van der Waals surface area contributed by atoms with Crippen LogP contribution in [0, 0.1) is 12.8 Å². The molecule has 0 aromatic heterocycles. The van der Waals surface area contributed by atoms with Crippen molar-refractivity contribution < 1.29 is 9.59 Å². The van der Waals surface area contributed by atoms with Gasteiger partial charge in [-0.05, 0) is 55.0 Å². The highest BCUT2D eigenvalue weighted by Crippen LogP contribution is 2.17. The van der Waals surface area contributed by atoms with E-state index >= 15 is 0 Å². The summed E-state index contributed by atoms with van der Waals surface area (Å²) < 4.78 is 0. The molecule has 2 rings (SSSR count). The van der Waals surface area contributed by atoms with E-state index in [1.165, 1.54) is 5.56 Å². The highest BCUT2D eigenvalue weighted by atomic mass is 16.2. The van der Waals surface area contributed by atoms with E-state index in [2.05, 4.69) is 41.9 Å². The van der Waals surface area contributed by atoms with Gasteiger partial charge in [-0.25, -0.2) is 4.79 Å². The predicted octanol–water partition coefficient (Wildman–Crippen LogP) is 4.23. The molecule has 5 heteroatoms. The monoisotopic (exact) mass is 381 g/mol. The number of rotatable bonds is 8. The second-order valence-electron chi connectivity index (χ2n) is 7.60. The highest BCUT2D eigenvalue weighted by molar-refractivity contribution is 5.89. The fourth-order valence-corrected chi connectivity index (χ4v) is 2.98. The van der Waals surface area contributed by atoms with E-state index in [0.29, 0.717) is 19.0 Å². The summed E-state index contributed by atoms with van der Waals surface area (Å²) in [6.07, 6.45) is 1.04. The third kappa shape index (κ3) is 7.06. The number of amides is 3. The standard InChI is InChI=1S/C23H31N3O2/c1-16(2)14-19-8-10-20(11-9-19)18(4)22(27)24-12-13-25-23(28)26-21-7-5-6-17(3)15-21/h5-11,15-16,18H,12-14H2,1-4H3,(H,24,27)(H2,25,26,28). The normalized spacial score (nSPS) is 11.8. The first-order chi connectivity index (χ1) is 13.3. The smallest absolute Gasteiger partial charge is 0.319 e. The molecule has 2 aromatic carbocycles. The van der Waals surface area contributed by atoms with E-state index in [0.717, 1.165) is 23.2 Å². The highest BCUT2D eigenvalue weighted by Gasteiger charge is 2.14. The molecule has 0 aliphatic rings. The third-order valence-electron chi connectivity index (χ3n) is 4.50. The number of anilines is 1. The van der Waals surface area contributed by atoms with Crippen molar-refractivity contribution >= 4 is 17.6 Å². The van der Waals surface area contributed by atoms with Crippen LogP contribution in [0.5, 0.6) is 0 Å². The summed E-state index contributed by atoms with van der Waals surface area (Å²) >= 11 is 0. The Labute approximate surface area is 167 Å². The number of aryl methyl sites for hydroxylation is 1.